The highest BCUT2D eigenvalue weighted by molar-refractivity contribution is 7.26. The zero-order valence-corrected chi connectivity index (χ0v) is 36.6. The maximum absolute atomic E-state index is 2.59. The highest BCUT2D eigenvalue weighted by atomic mass is 32.1. The molecule has 10 aromatic rings. The molecule has 298 valence electrons. The normalized spacial score (nSPS) is 17.2. The Labute approximate surface area is 372 Å². The molecule has 0 radical (unpaired) electrons. The van der Waals surface area contributed by atoms with Gasteiger partial charge in [0.25, 0.3) is 0 Å². The van der Waals surface area contributed by atoms with E-state index < -0.39 is 5.41 Å². The van der Waals surface area contributed by atoms with Crippen molar-refractivity contribution in [3.05, 3.63) is 233 Å². The van der Waals surface area contributed by atoms with E-state index >= 15 is 0 Å². The van der Waals surface area contributed by atoms with Gasteiger partial charge in [-0.25, -0.2) is 0 Å². The van der Waals surface area contributed by atoms with Crippen LogP contribution in [0.25, 0.3) is 64.7 Å². The van der Waals surface area contributed by atoms with Gasteiger partial charge in [0.2, 0.25) is 0 Å². The minimum Gasteiger partial charge on any atom is -0.310 e. The Kier molecular flexibility index (Phi) is 6.85. The summed E-state index contributed by atoms with van der Waals surface area (Å²) < 4.78 is 2.72. The predicted octanol–water partition coefficient (Wildman–Crippen LogP) is 16.5. The molecule has 0 amide bonds. The van der Waals surface area contributed by atoms with Gasteiger partial charge in [-0.15, -0.1) is 11.3 Å². The quantitative estimate of drug-likeness (QED) is 0.172. The van der Waals surface area contributed by atoms with Crippen LogP contribution in [0.1, 0.15) is 72.2 Å². The molecule has 14 rings (SSSR count). The molecule has 0 saturated carbocycles. The van der Waals surface area contributed by atoms with E-state index in [1.165, 1.54) is 126 Å². The lowest BCUT2D eigenvalue weighted by Gasteiger charge is -2.33. The average Bonchev–Trinajstić information content (AvgIpc) is 4.06. The van der Waals surface area contributed by atoms with Crippen molar-refractivity contribution in [2.45, 2.75) is 43.9 Å². The molecule has 1 atom stereocenters. The Morgan fingerprint density at radius 3 is 1.48 bits per heavy atom. The lowest BCUT2D eigenvalue weighted by atomic mass is 9.70. The van der Waals surface area contributed by atoms with E-state index in [0.717, 1.165) is 0 Å². The van der Waals surface area contributed by atoms with Crippen LogP contribution in [0.4, 0.5) is 17.1 Å². The summed E-state index contributed by atoms with van der Waals surface area (Å²) in [5.74, 6) is 0. The molecule has 0 fully saturated rings. The van der Waals surface area contributed by atoms with Crippen LogP contribution in [0.3, 0.4) is 0 Å². The molecule has 4 aliphatic carbocycles. The van der Waals surface area contributed by atoms with Crippen molar-refractivity contribution in [1.29, 1.82) is 0 Å². The molecule has 0 saturated heterocycles. The predicted molar refractivity (Wildman–Crippen MR) is 265 cm³/mol. The first kappa shape index (κ1) is 35.6. The molecule has 4 aliphatic rings. The van der Waals surface area contributed by atoms with Crippen molar-refractivity contribution < 1.29 is 0 Å². The third kappa shape index (κ3) is 4.33. The number of hydrogen-bond donors (Lipinski definition) is 0. The summed E-state index contributed by atoms with van der Waals surface area (Å²) >= 11 is 1.95. The van der Waals surface area contributed by atoms with Gasteiger partial charge in [0.05, 0.1) is 11.1 Å². The van der Waals surface area contributed by atoms with Crippen LogP contribution in [0.15, 0.2) is 188 Å². The second kappa shape index (κ2) is 12.1. The lowest BCUT2D eigenvalue weighted by Crippen LogP contribution is -2.26. The van der Waals surface area contributed by atoms with Crippen molar-refractivity contribution in [1.82, 2.24) is 0 Å². The van der Waals surface area contributed by atoms with E-state index in [-0.39, 0.29) is 10.8 Å². The summed E-state index contributed by atoms with van der Waals surface area (Å²) in [6, 6.07) is 72.0. The maximum atomic E-state index is 2.59. The Bertz CT molecular complexity index is 3550. The van der Waals surface area contributed by atoms with Gasteiger partial charge in [-0.05, 0) is 120 Å². The van der Waals surface area contributed by atoms with Crippen LogP contribution in [0.5, 0.6) is 0 Å². The molecule has 1 aromatic heterocycles. The topological polar surface area (TPSA) is 3.24 Å². The minimum atomic E-state index is -0.497. The highest BCUT2D eigenvalue weighted by Crippen LogP contribution is 2.67. The third-order valence-electron chi connectivity index (χ3n) is 15.5. The molecule has 1 spiro atoms. The maximum Gasteiger partial charge on any atom is 0.0740 e. The summed E-state index contributed by atoms with van der Waals surface area (Å²) in [5.41, 5.74) is 24.4. The van der Waals surface area contributed by atoms with Crippen LogP contribution in [0.2, 0.25) is 0 Å². The molecule has 1 unspecified atom stereocenters. The van der Waals surface area contributed by atoms with Crippen LogP contribution < -0.4 is 4.90 Å². The number of anilines is 3. The molecule has 2 heteroatoms. The summed E-state index contributed by atoms with van der Waals surface area (Å²) in [7, 11) is 0. The Balaban J connectivity index is 1.08. The second-order valence-electron chi connectivity index (χ2n) is 19.1. The molecule has 0 N–H and O–H groups in total. The SMILES string of the molecule is CC1(C)c2ccccc2-c2ccc(N(c3ccc4c(c3)C(C)(C)c3ccccc3-4)c3cccc4c3-c3ccccc3C43c4ccccc4-c4ccc5c(sc6ccccc65)c43)cc21. The standard InChI is InChI=1S/C61H43NS/c1-59(2)47-21-10-5-16-38(47)41-30-28-36(34-52(41)59)62(37-29-31-42-39-17-6-11-22-48(39)60(3,4)53(42)35-37)54-26-15-25-51-56(54)46-20-8-13-24-50(46)61(51)49-23-12-7-18-40(49)44-32-33-45-43-19-9-14-27-55(43)63-58(45)57(44)61/h5-35H,1-4H3. The van der Waals surface area contributed by atoms with Crippen LogP contribution in [-0.2, 0) is 16.2 Å². The molecule has 0 aliphatic heterocycles. The number of nitrogens with zero attached hydrogens (tertiary/aromatic N) is 1. The van der Waals surface area contributed by atoms with Gasteiger partial charge >= 0.3 is 0 Å². The fourth-order valence-electron chi connectivity index (χ4n) is 12.7. The van der Waals surface area contributed by atoms with Gasteiger partial charge < -0.3 is 4.90 Å². The van der Waals surface area contributed by atoms with E-state index in [9.17, 15) is 0 Å². The first-order valence-electron chi connectivity index (χ1n) is 22.3. The summed E-state index contributed by atoms with van der Waals surface area (Å²) in [4.78, 5) is 2.59. The van der Waals surface area contributed by atoms with E-state index in [2.05, 4.69) is 221 Å². The van der Waals surface area contributed by atoms with Gasteiger partial charge in [0.15, 0.2) is 0 Å². The lowest BCUT2D eigenvalue weighted by molar-refractivity contribution is 0.660. The van der Waals surface area contributed by atoms with Gasteiger partial charge in [-0.2, -0.15) is 0 Å². The summed E-state index contributed by atoms with van der Waals surface area (Å²) in [6.07, 6.45) is 0. The van der Waals surface area contributed by atoms with Gasteiger partial charge in [0.1, 0.15) is 0 Å². The smallest absolute Gasteiger partial charge is 0.0740 e. The number of rotatable bonds is 3. The fraction of sp³-hybridized carbons (Fsp3) is 0.115. The molecule has 1 heterocycles. The number of thiophene rings is 1. The molecule has 0 bridgehead atoms. The minimum absolute atomic E-state index is 0.142. The van der Waals surface area contributed by atoms with Crippen LogP contribution in [-0.4, -0.2) is 0 Å². The first-order valence-corrected chi connectivity index (χ1v) is 23.2. The zero-order valence-electron chi connectivity index (χ0n) is 35.8. The average molecular weight is 822 g/mol. The highest BCUT2D eigenvalue weighted by Gasteiger charge is 2.54. The molecule has 1 nitrogen and oxygen atoms in total. The van der Waals surface area contributed by atoms with Crippen LogP contribution in [0, 0.1) is 0 Å². The van der Waals surface area contributed by atoms with Crippen molar-refractivity contribution >= 4 is 48.6 Å². The molecular weight excluding hydrogens is 779 g/mol. The molecule has 63 heavy (non-hydrogen) atoms. The van der Waals surface area contributed by atoms with Crippen LogP contribution >= 0.6 is 11.3 Å². The number of fused-ring (bicyclic) bond motifs is 20. The Morgan fingerprint density at radius 2 is 0.841 bits per heavy atom. The monoisotopic (exact) mass is 821 g/mol. The van der Waals surface area contributed by atoms with E-state index in [1.54, 1.807) is 0 Å². The summed E-state index contributed by atoms with van der Waals surface area (Å²) in [5, 5.41) is 2.68. The number of hydrogen-bond acceptors (Lipinski definition) is 2. The Morgan fingerprint density at radius 1 is 0.365 bits per heavy atom. The molecular formula is C61H43NS. The van der Waals surface area contributed by atoms with E-state index in [0.29, 0.717) is 0 Å². The third-order valence-corrected chi connectivity index (χ3v) is 16.7. The second-order valence-corrected chi connectivity index (χ2v) is 20.2. The van der Waals surface area contributed by atoms with Crippen molar-refractivity contribution in [2.75, 3.05) is 4.90 Å². The van der Waals surface area contributed by atoms with Gasteiger partial charge in [-0.3, -0.25) is 0 Å². The zero-order chi connectivity index (χ0) is 42.0. The van der Waals surface area contributed by atoms with E-state index in [1.807, 2.05) is 11.3 Å². The molecule has 9 aromatic carbocycles. The first-order chi connectivity index (χ1) is 30.8. The van der Waals surface area contributed by atoms with Crippen molar-refractivity contribution in [3.63, 3.8) is 0 Å². The number of benzene rings is 9. The van der Waals surface area contributed by atoms with Gasteiger partial charge in [0, 0.05) is 47.9 Å². The van der Waals surface area contributed by atoms with E-state index in [4.69, 9.17) is 0 Å². The van der Waals surface area contributed by atoms with Gasteiger partial charge in [-0.1, -0.05) is 179 Å². The van der Waals surface area contributed by atoms with Crippen molar-refractivity contribution in [3.8, 4) is 44.5 Å². The van der Waals surface area contributed by atoms with Crippen molar-refractivity contribution in [2.24, 2.45) is 0 Å². The fourth-order valence-corrected chi connectivity index (χ4v) is 14.0. The Hall–Kier alpha value is -7.00. The summed E-state index contributed by atoms with van der Waals surface area (Å²) in [6.45, 7) is 9.57. The largest absolute Gasteiger partial charge is 0.310 e.